The lowest BCUT2D eigenvalue weighted by molar-refractivity contribution is -0.162. The molecule has 0 aromatic heterocycles. The lowest BCUT2D eigenvalue weighted by atomic mass is 9.55. The van der Waals surface area contributed by atoms with Gasteiger partial charge in [-0.25, -0.2) is 0 Å². The van der Waals surface area contributed by atoms with Crippen LogP contribution in [0.1, 0.15) is 139 Å². The van der Waals surface area contributed by atoms with E-state index in [0.717, 1.165) is 83.2 Å². The van der Waals surface area contributed by atoms with Gasteiger partial charge in [0.2, 0.25) is 0 Å². The van der Waals surface area contributed by atoms with Gasteiger partial charge in [-0.3, -0.25) is 9.59 Å². The molecule has 6 nitrogen and oxygen atoms in total. The Kier molecular flexibility index (Phi) is 12.5. The molecule has 0 N–H and O–H groups in total. The molecule has 1 saturated heterocycles. The molecule has 0 radical (unpaired) electrons. The molecule has 6 rings (SSSR count). The van der Waals surface area contributed by atoms with Crippen molar-refractivity contribution in [3.63, 3.8) is 0 Å². The van der Waals surface area contributed by atoms with Crippen LogP contribution in [0.3, 0.4) is 0 Å². The molecular formula is C43H60O6. The summed E-state index contributed by atoms with van der Waals surface area (Å²) >= 11 is 0. The summed E-state index contributed by atoms with van der Waals surface area (Å²) in [7, 11) is 1.47. The maximum atomic E-state index is 14.4. The minimum atomic E-state index is -0.983. The lowest BCUT2D eigenvalue weighted by Gasteiger charge is -2.48. The molecule has 1 unspecified atom stereocenters. The molecule has 2 aromatic rings. The highest BCUT2D eigenvalue weighted by Crippen LogP contribution is 2.64. The summed E-state index contributed by atoms with van der Waals surface area (Å²) in [6.45, 7) is 4.39. The first-order valence-electron chi connectivity index (χ1n) is 19.6. The van der Waals surface area contributed by atoms with Crippen LogP contribution in [0.4, 0.5) is 0 Å². The molecule has 2 aromatic carbocycles. The van der Waals surface area contributed by atoms with E-state index in [2.05, 4.69) is 37.3 Å². The Morgan fingerprint density at radius 2 is 1.65 bits per heavy atom. The number of aryl methyl sites for hydroxylation is 1. The fraction of sp³-hybridized carbons (Fsp3) is 0.674. The number of benzene rings is 2. The molecule has 0 spiro atoms. The van der Waals surface area contributed by atoms with Gasteiger partial charge in [-0.2, -0.15) is 0 Å². The molecule has 6 heteroatoms. The first kappa shape index (κ1) is 36.1. The largest absolute Gasteiger partial charge is 0.489 e. The number of fused-ring (bicyclic) bond motifs is 5. The van der Waals surface area contributed by atoms with Crippen molar-refractivity contribution in [2.45, 2.75) is 141 Å². The molecule has 1 heterocycles. The number of hydrogen-bond donors (Lipinski definition) is 0. The van der Waals surface area contributed by atoms with E-state index in [1.807, 2.05) is 18.2 Å². The van der Waals surface area contributed by atoms with Crippen LogP contribution in [0.15, 0.2) is 48.5 Å². The van der Waals surface area contributed by atoms with Crippen molar-refractivity contribution in [2.75, 3.05) is 20.3 Å². The molecular weight excluding hydrogens is 612 g/mol. The van der Waals surface area contributed by atoms with Gasteiger partial charge in [0.15, 0.2) is 12.1 Å². The van der Waals surface area contributed by atoms with E-state index in [4.69, 9.17) is 18.9 Å². The summed E-state index contributed by atoms with van der Waals surface area (Å²) in [6, 6.07) is 16.9. The lowest BCUT2D eigenvalue weighted by Crippen LogP contribution is -2.44. The van der Waals surface area contributed by atoms with Crippen molar-refractivity contribution >= 4 is 11.8 Å². The molecule has 3 fully saturated rings. The van der Waals surface area contributed by atoms with Crippen molar-refractivity contribution < 1.29 is 28.5 Å². The van der Waals surface area contributed by atoms with Gasteiger partial charge in [0.25, 0.3) is 0 Å². The summed E-state index contributed by atoms with van der Waals surface area (Å²) in [4.78, 5) is 27.9. The van der Waals surface area contributed by atoms with E-state index in [1.54, 1.807) is 0 Å². The quantitative estimate of drug-likeness (QED) is 0.0947. The number of hydrogen-bond acceptors (Lipinski definition) is 6. The van der Waals surface area contributed by atoms with Crippen molar-refractivity contribution in [3.8, 4) is 5.75 Å². The van der Waals surface area contributed by atoms with E-state index in [1.165, 1.54) is 62.3 Å². The fourth-order valence-electron chi connectivity index (χ4n) is 9.90. The van der Waals surface area contributed by atoms with Gasteiger partial charge in [0, 0.05) is 18.6 Å². The van der Waals surface area contributed by atoms with E-state index in [0.29, 0.717) is 31.3 Å². The van der Waals surface area contributed by atoms with Crippen molar-refractivity contribution in [1.82, 2.24) is 0 Å². The van der Waals surface area contributed by atoms with Crippen molar-refractivity contribution in [1.29, 1.82) is 0 Å². The summed E-state index contributed by atoms with van der Waals surface area (Å²) in [5.41, 5.74) is 2.55. The second kappa shape index (κ2) is 17.0. The third kappa shape index (κ3) is 8.28. The summed E-state index contributed by atoms with van der Waals surface area (Å²) < 4.78 is 23.1. The van der Waals surface area contributed by atoms with Gasteiger partial charge >= 0.3 is 5.97 Å². The number of ketones is 1. The minimum Gasteiger partial charge on any atom is -0.489 e. The molecule has 2 saturated carbocycles. The molecule has 3 aliphatic carbocycles. The van der Waals surface area contributed by atoms with Crippen molar-refractivity contribution in [3.05, 3.63) is 65.2 Å². The minimum absolute atomic E-state index is 0.0283. The first-order chi connectivity index (χ1) is 23.9. The molecule has 49 heavy (non-hydrogen) atoms. The summed E-state index contributed by atoms with van der Waals surface area (Å²) in [6.07, 6.45) is 19.1. The number of methoxy groups -OCH3 is 1. The average Bonchev–Trinajstić information content (AvgIpc) is 3.38. The number of rotatable bonds is 17. The van der Waals surface area contributed by atoms with Crippen LogP contribution < -0.4 is 4.74 Å². The zero-order valence-electron chi connectivity index (χ0n) is 30.2. The standard InChI is InChI=1S/C43H60O6/c1-42-26-24-36-35-23-21-34(49-31-32-17-11-10-12-18-32)29-33(35)20-22-37(36)38(42)30-43(40(42)44,41(45)46-2)25-14-8-6-4-3-5-7-9-15-27-47-39-19-13-16-28-48-39/h10-12,17-18,21,23,29,36-39H,3-9,13-16,19-20,22,24-28,30-31H2,1-2H3/t36-,37-,38+,39?,42+,43+/m1/s1. The number of Topliss-reactive ketones (excluding diaryl/α,β-unsaturated/α-hetero) is 1. The molecule has 268 valence electrons. The van der Waals surface area contributed by atoms with E-state index >= 15 is 0 Å². The number of carbonyl (C=O) groups is 2. The predicted molar refractivity (Wildman–Crippen MR) is 192 cm³/mol. The Bertz CT molecular complexity index is 1370. The molecule has 6 atom stereocenters. The number of carbonyl (C=O) groups excluding carboxylic acids is 2. The van der Waals surface area contributed by atoms with Gasteiger partial charge < -0.3 is 18.9 Å². The van der Waals surface area contributed by atoms with Crippen LogP contribution in [-0.4, -0.2) is 38.4 Å². The first-order valence-corrected chi connectivity index (χ1v) is 19.6. The van der Waals surface area contributed by atoms with Gasteiger partial charge in [-0.15, -0.1) is 0 Å². The van der Waals surface area contributed by atoms with E-state index in [9.17, 15) is 9.59 Å². The van der Waals surface area contributed by atoms with Gasteiger partial charge in [0.05, 0.1) is 7.11 Å². The van der Waals surface area contributed by atoms with Crippen LogP contribution in [0, 0.1) is 22.7 Å². The van der Waals surface area contributed by atoms with Crippen LogP contribution in [0.2, 0.25) is 0 Å². The van der Waals surface area contributed by atoms with Crippen LogP contribution in [0.25, 0.3) is 0 Å². The zero-order chi connectivity index (χ0) is 34.1. The van der Waals surface area contributed by atoms with Gasteiger partial charge in [-0.05, 0) is 111 Å². The second-order valence-corrected chi connectivity index (χ2v) is 15.7. The summed E-state index contributed by atoms with van der Waals surface area (Å²) in [5.74, 6) is 1.88. The summed E-state index contributed by atoms with van der Waals surface area (Å²) in [5, 5.41) is 0. The average molecular weight is 673 g/mol. The third-order valence-corrected chi connectivity index (χ3v) is 12.6. The van der Waals surface area contributed by atoms with E-state index < -0.39 is 10.8 Å². The Hall–Kier alpha value is -2.70. The Morgan fingerprint density at radius 1 is 0.898 bits per heavy atom. The fourth-order valence-corrected chi connectivity index (χ4v) is 9.90. The Morgan fingerprint density at radius 3 is 2.39 bits per heavy atom. The zero-order valence-corrected chi connectivity index (χ0v) is 30.2. The number of unbranched alkanes of at least 4 members (excludes halogenated alkanes) is 8. The predicted octanol–water partition coefficient (Wildman–Crippen LogP) is 9.90. The third-order valence-electron chi connectivity index (χ3n) is 12.6. The SMILES string of the molecule is COC(=O)[C@@]1(CCCCCCCCCCCOC2CCCCO2)C[C@H]2[C@@H]3CCc4cc(OCc5ccccc5)ccc4[C@H]3CC[C@]2(C)C1=O. The second-order valence-electron chi connectivity index (χ2n) is 15.7. The molecule has 0 amide bonds. The van der Waals surface area contributed by atoms with Crippen LogP contribution in [0.5, 0.6) is 5.75 Å². The highest BCUT2D eigenvalue weighted by atomic mass is 16.7. The number of esters is 1. The monoisotopic (exact) mass is 672 g/mol. The highest BCUT2D eigenvalue weighted by molar-refractivity contribution is 6.08. The topological polar surface area (TPSA) is 71.1 Å². The normalized spacial score (nSPS) is 29.1. The maximum Gasteiger partial charge on any atom is 0.319 e. The molecule has 0 bridgehead atoms. The molecule has 1 aliphatic heterocycles. The Labute approximate surface area is 295 Å². The molecule has 4 aliphatic rings. The number of ether oxygens (including phenoxy) is 4. The van der Waals surface area contributed by atoms with Gasteiger partial charge in [0.1, 0.15) is 17.8 Å². The Balaban J connectivity index is 0.968. The van der Waals surface area contributed by atoms with Crippen LogP contribution >= 0.6 is 0 Å². The maximum absolute atomic E-state index is 14.4. The highest BCUT2D eigenvalue weighted by Gasteiger charge is 2.66. The van der Waals surface area contributed by atoms with Crippen LogP contribution in [-0.2, 0) is 36.8 Å². The van der Waals surface area contributed by atoms with E-state index in [-0.39, 0.29) is 24.0 Å². The van der Waals surface area contributed by atoms with Gasteiger partial charge in [-0.1, -0.05) is 94.7 Å². The van der Waals surface area contributed by atoms with Crippen molar-refractivity contribution in [2.24, 2.45) is 22.7 Å². The smallest absolute Gasteiger partial charge is 0.319 e.